The molecule has 0 N–H and O–H groups in total. The summed E-state index contributed by atoms with van der Waals surface area (Å²) in [5.74, 6) is -0.615. The number of esters is 2. The number of rotatable bonds is 12. The molecule has 0 rings (SSSR count). The molecule has 0 aromatic rings. The highest BCUT2D eigenvalue weighted by atomic mass is 16.5. The quantitative estimate of drug-likeness (QED) is 0.402. The summed E-state index contributed by atoms with van der Waals surface area (Å²) in [5.41, 5.74) is 0. The molecule has 20 heavy (non-hydrogen) atoms. The molecule has 0 spiro atoms. The van der Waals surface area contributed by atoms with E-state index in [1.807, 2.05) is 6.92 Å². The van der Waals surface area contributed by atoms with E-state index in [1.165, 1.54) is 0 Å². The number of unbranched alkanes of at least 4 members (excludes halogenated alkanes) is 4. The van der Waals surface area contributed by atoms with Gasteiger partial charge in [0.05, 0.1) is 25.6 Å². The molecule has 0 aliphatic carbocycles. The Bertz CT molecular complexity index is 263. The Morgan fingerprint density at radius 1 is 0.900 bits per heavy atom. The van der Waals surface area contributed by atoms with Gasteiger partial charge in [-0.15, -0.1) is 0 Å². The summed E-state index contributed by atoms with van der Waals surface area (Å²) in [4.78, 5) is 22.9. The molecule has 0 aliphatic rings. The third kappa shape index (κ3) is 12.0. The predicted octanol–water partition coefficient (Wildman–Crippen LogP) is 4.01. The molecule has 0 bridgehead atoms. The second-order valence-electron chi connectivity index (χ2n) is 5.22. The van der Waals surface area contributed by atoms with E-state index >= 15 is 0 Å². The number of hydrogen-bond acceptors (Lipinski definition) is 4. The highest BCUT2D eigenvalue weighted by Gasteiger charge is 2.12. The van der Waals surface area contributed by atoms with Crippen molar-refractivity contribution >= 4 is 11.9 Å². The maximum Gasteiger partial charge on any atom is 0.306 e. The standard InChI is InChI=1S/C16H30O4/c1-4-6-8-10-14(3)20-16(18)12-11-15(17)19-13-9-7-5-2/h14H,4-13H2,1-3H3. The molecule has 0 fully saturated rings. The SMILES string of the molecule is CCCCCOC(=O)CCC(=O)OC(C)CCCCC. The lowest BCUT2D eigenvalue weighted by molar-refractivity contribution is -0.153. The first-order valence-corrected chi connectivity index (χ1v) is 7.95. The van der Waals surface area contributed by atoms with Crippen LogP contribution in [0.4, 0.5) is 0 Å². The number of hydrogen-bond donors (Lipinski definition) is 0. The first-order chi connectivity index (χ1) is 9.60. The van der Waals surface area contributed by atoms with Crippen LogP contribution in [0.2, 0.25) is 0 Å². The van der Waals surface area contributed by atoms with Crippen LogP contribution in [0.3, 0.4) is 0 Å². The highest BCUT2D eigenvalue weighted by molar-refractivity contribution is 5.77. The van der Waals surface area contributed by atoms with Gasteiger partial charge in [-0.1, -0.05) is 39.5 Å². The van der Waals surface area contributed by atoms with Gasteiger partial charge in [0.15, 0.2) is 0 Å². The van der Waals surface area contributed by atoms with Gasteiger partial charge in [-0.3, -0.25) is 9.59 Å². The van der Waals surface area contributed by atoms with Crippen molar-refractivity contribution < 1.29 is 19.1 Å². The van der Waals surface area contributed by atoms with Gasteiger partial charge in [0.1, 0.15) is 0 Å². The van der Waals surface area contributed by atoms with Crippen molar-refractivity contribution in [3.8, 4) is 0 Å². The lowest BCUT2D eigenvalue weighted by Gasteiger charge is -2.12. The minimum atomic E-state index is -0.309. The van der Waals surface area contributed by atoms with Gasteiger partial charge >= 0.3 is 11.9 Å². The minimum Gasteiger partial charge on any atom is -0.466 e. The maximum absolute atomic E-state index is 11.5. The van der Waals surface area contributed by atoms with Crippen LogP contribution in [0.5, 0.6) is 0 Å². The van der Waals surface area contributed by atoms with Gasteiger partial charge in [-0.25, -0.2) is 0 Å². The van der Waals surface area contributed by atoms with E-state index in [1.54, 1.807) is 0 Å². The third-order valence-corrected chi connectivity index (χ3v) is 3.09. The first-order valence-electron chi connectivity index (χ1n) is 7.95. The van der Waals surface area contributed by atoms with E-state index in [2.05, 4.69) is 13.8 Å². The minimum absolute atomic E-state index is 0.0605. The molecule has 118 valence electrons. The van der Waals surface area contributed by atoms with Crippen molar-refractivity contribution in [2.75, 3.05) is 6.61 Å². The van der Waals surface area contributed by atoms with Crippen LogP contribution in [0.25, 0.3) is 0 Å². The summed E-state index contributed by atoms with van der Waals surface area (Å²) < 4.78 is 10.3. The molecule has 1 atom stereocenters. The third-order valence-electron chi connectivity index (χ3n) is 3.09. The molecular formula is C16H30O4. The van der Waals surface area contributed by atoms with E-state index in [4.69, 9.17) is 9.47 Å². The van der Waals surface area contributed by atoms with Crippen molar-refractivity contribution in [3.05, 3.63) is 0 Å². The van der Waals surface area contributed by atoms with Crippen molar-refractivity contribution in [1.82, 2.24) is 0 Å². The van der Waals surface area contributed by atoms with Crippen LogP contribution in [0, 0.1) is 0 Å². The van der Waals surface area contributed by atoms with Crippen LogP contribution < -0.4 is 0 Å². The molecule has 0 saturated carbocycles. The van der Waals surface area contributed by atoms with E-state index in [0.717, 1.165) is 44.9 Å². The van der Waals surface area contributed by atoms with Gasteiger partial charge in [0.25, 0.3) is 0 Å². The number of carbonyl (C=O) groups excluding carboxylic acids is 2. The smallest absolute Gasteiger partial charge is 0.306 e. The van der Waals surface area contributed by atoms with E-state index in [9.17, 15) is 9.59 Å². The lowest BCUT2D eigenvalue weighted by Crippen LogP contribution is -2.16. The molecule has 0 aromatic carbocycles. The van der Waals surface area contributed by atoms with Crippen LogP contribution in [0.1, 0.15) is 78.6 Å². The Hall–Kier alpha value is -1.06. The second-order valence-corrected chi connectivity index (χ2v) is 5.22. The van der Waals surface area contributed by atoms with Crippen molar-refractivity contribution in [3.63, 3.8) is 0 Å². The van der Waals surface area contributed by atoms with Gasteiger partial charge in [-0.05, 0) is 26.2 Å². The van der Waals surface area contributed by atoms with Gasteiger partial charge in [0, 0.05) is 0 Å². The molecule has 0 aromatic heterocycles. The Labute approximate surface area is 123 Å². The summed E-state index contributed by atoms with van der Waals surface area (Å²) in [6.07, 6.45) is 7.50. The number of carbonyl (C=O) groups is 2. The van der Waals surface area contributed by atoms with Crippen molar-refractivity contribution in [2.24, 2.45) is 0 Å². The Balaban J connectivity index is 3.58. The summed E-state index contributed by atoms with van der Waals surface area (Å²) in [7, 11) is 0. The molecule has 4 nitrogen and oxygen atoms in total. The molecule has 0 aliphatic heterocycles. The van der Waals surface area contributed by atoms with Crippen LogP contribution >= 0.6 is 0 Å². The van der Waals surface area contributed by atoms with E-state index < -0.39 is 0 Å². The fourth-order valence-electron chi connectivity index (χ4n) is 1.84. The summed E-state index contributed by atoms with van der Waals surface area (Å²) in [6.45, 7) is 6.59. The van der Waals surface area contributed by atoms with Crippen LogP contribution in [-0.4, -0.2) is 24.6 Å². The molecule has 0 radical (unpaired) electrons. The monoisotopic (exact) mass is 286 g/mol. The van der Waals surface area contributed by atoms with Crippen molar-refractivity contribution in [2.45, 2.75) is 84.7 Å². The van der Waals surface area contributed by atoms with E-state index in [0.29, 0.717) is 6.61 Å². The average molecular weight is 286 g/mol. The van der Waals surface area contributed by atoms with Crippen LogP contribution in [0.15, 0.2) is 0 Å². The lowest BCUT2D eigenvalue weighted by atomic mass is 10.1. The summed E-state index contributed by atoms with van der Waals surface area (Å²) in [5, 5.41) is 0. The fourth-order valence-corrected chi connectivity index (χ4v) is 1.84. The Kier molecular flexibility index (Phi) is 12.3. The predicted molar refractivity (Wildman–Crippen MR) is 79.4 cm³/mol. The highest BCUT2D eigenvalue weighted by Crippen LogP contribution is 2.08. The molecule has 1 unspecified atom stereocenters. The topological polar surface area (TPSA) is 52.6 Å². The van der Waals surface area contributed by atoms with Gasteiger partial charge in [-0.2, -0.15) is 0 Å². The molecule has 0 heterocycles. The zero-order valence-corrected chi connectivity index (χ0v) is 13.3. The molecule has 0 amide bonds. The van der Waals surface area contributed by atoms with Gasteiger partial charge in [0.2, 0.25) is 0 Å². The first kappa shape index (κ1) is 18.9. The Morgan fingerprint density at radius 2 is 1.50 bits per heavy atom. The second kappa shape index (κ2) is 12.9. The van der Waals surface area contributed by atoms with Crippen molar-refractivity contribution in [1.29, 1.82) is 0 Å². The maximum atomic E-state index is 11.5. The zero-order valence-electron chi connectivity index (χ0n) is 13.3. The zero-order chi connectivity index (χ0) is 15.2. The molecular weight excluding hydrogens is 256 g/mol. The number of ether oxygens (including phenoxy) is 2. The fraction of sp³-hybridized carbons (Fsp3) is 0.875. The normalized spacial score (nSPS) is 11.9. The summed E-state index contributed by atoms with van der Waals surface area (Å²) >= 11 is 0. The molecule has 4 heteroatoms. The van der Waals surface area contributed by atoms with Crippen LogP contribution in [-0.2, 0) is 19.1 Å². The largest absolute Gasteiger partial charge is 0.466 e. The molecule has 0 saturated heterocycles. The average Bonchev–Trinajstić information content (AvgIpc) is 2.41. The Morgan fingerprint density at radius 3 is 2.15 bits per heavy atom. The van der Waals surface area contributed by atoms with E-state index in [-0.39, 0.29) is 30.9 Å². The summed E-state index contributed by atoms with van der Waals surface area (Å²) in [6, 6.07) is 0. The van der Waals surface area contributed by atoms with Gasteiger partial charge < -0.3 is 9.47 Å².